The number of hydrogen-bond donors (Lipinski definition) is 1. The number of benzene rings is 1. The summed E-state index contributed by atoms with van der Waals surface area (Å²) in [6, 6.07) is 5.69. The summed E-state index contributed by atoms with van der Waals surface area (Å²) >= 11 is 6.07. The molecule has 0 fully saturated rings. The van der Waals surface area contributed by atoms with Crippen molar-refractivity contribution in [2.75, 3.05) is 0 Å². The molecule has 2 aromatic rings. The van der Waals surface area contributed by atoms with Crippen LogP contribution in [0.2, 0.25) is 5.02 Å². The Morgan fingerprint density at radius 1 is 1.26 bits per heavy atom. The molecule has 0 unspecified atom stereocenters. The molecule has 5 heteroatoms. The molecule has 0 bridgehead atoms. The van der Waals surface area contributed by atoms with E-state index < -0.39 is 0 Å². The summed E-state index contributed by atoms with van der Waals surface area (Å²) in [7, 11) is 0. The maximum absolute atomic E-state index is 9.42. The highest BCUT2D eigenvalue weighted by molar-refractivity contribution is 6.30. The minimum atomic E-state index is -0.217. The molecule has 0 saturated carbocycles. The lowest BCUT2D eigenvalue weighted by atomic mass is 10.0. The Kier molecular flexibility index (Phi) is 3.65. The van der Waals surface area contributed by atoms with E-state index in [1.165, 1.54) is 0 Å². The van der Waals surface area contributed by atoms with Gasteiger partial charge in [0.2, 0.25) is 0 Å². The first kappa shape index (κ1) is 14.0. The van der Waals surface area contributed by atoms with Crippen molar-refractivity contribution in [2.24, 2.45) is 0 Å². The second-order valence-electron chi connectivity index (χ2n) is 5.56. The van der Waals surface area contributed by atoms with Crippen molar-refractivity contribution in [3.8, 4) is 11.4 Å². The van der Waals surface area contributed by atoms with Crippen molar-refractivity contribution < 1.29 is 5.11 Å². The van der Waals surface area contributed by atoms with E-state index >= 15 is 0 Å². The molecule has 0 radical (unpaired) electrons. The lowest BCUT2D eigenvalue weighted by molar-refractivity contribution is 0.250. The van der Waals surface area contributed by atoms with E-state index in [-0.39, 0.29) is 12.1 Å². The number of aliphatic hydroxyl groups excluding tert-OH is 1. The Balaban J connectivity index is 2.69. The van der Waals surface area contributed by atoms with E-state index in [0.29, 0.717) is 10.8 Å². The van der Waals surface area contributed by atoms with Gasteiger partial charge in [0.25, 0.3) is 0 Å². The van der Waals surface area contributed by atoms with Gasteiger partial charge in [-0.05, 0) is 45.4 Å². The molecule has 4 nitrogen and oxygen atoms in total. The minimum Gasteiger partial charge on any atom is -0.388 e. The van der Waals surface area contributed by atoms with Gasteiger partial charge in [0.05, 0.1) is 0 Å². The quantitative estimate of drug-likeness (QED) is 0.919. The minimum absolute atomic E-state index is 0.135. The largest absolute Gasteiger partial charge is 0.388 e. The van der Waals surface area contributed by atoms with E-state index in [9.17, 15) is 5.11 Å². The number of aromatic nitrogens is 3. The van der Waals surface area contributed by atoms with Crippen molar-refractivity contribution in [3.05, 3.63) is 34.6 Å². The number of hydrogen-bond acceptors (Lipinski definition) is 3. The van der Waals surface area contributed by atoms with Crippen molar-refractivity contribution in [2.45, 2.75) is 39.8 Å². The predicted octanol–water partition coefficient (Wildman–Crippen LogP) is 3.15. The fourth-order valence-corrected chi connectivity index (χ4v) is 2.31. The van der Waals surface area contributed by atoms with Crippen LogP contribution in [0.15, 0.2) is 18.2 Å². The van der Waals surface area contributed by atoms with Crippen LogP contribution in [0, 0.1) is 6.92 Å². The highest BCUT2D eigenvalue weighted by Gasteiger charge is 2.24. The van der Waals surface area contributed by atoms with Crippen LogP contribution in [0.3, 0.4) is 0 Å². The molecule has 1 aromatic carbocycles. The summed E-state index contributed by atoms with van der Waals surface area (Å²) in [5, 5.41) is 18.4. The molecule has 2 rings (SSSR count). The van der Waals surface area contributed by atoms with Gasteiger partial charge in [-0.3, -0.25) is 0 Å². The van der Waals surface area contributed by atoms with Crippen molar-refractivity contribution in [1.29, 1.82) is 0 Å². The third-order valence-electron chi connectivity index (χ3n) is 2.98. The molecular weight excluding hydrogens is 262 g/mol. The third kappa shape index (κ3) is 2.65. The number of aliphatic hydroxyl groups is 1. The van der Waals surface area contributed by atoms with Gasteiger partial charge in [-0.25, -0.2) is 0 Å². The van der Waals surface area contributed by atoms with Crippen molar-refractivity contribution in [1.82, 2.24) is 14.8 Å². The fraction of sp³-hybridized carbons (Fsp3) is 0.429. The lowest BCUT2D eigenvalue weighted by Crippen LogP contribution is -2.25. The Hall–Kier alpha value is -1.39. The zero-order valence-electron chi connectivity index (χ0n) is 11.6. The highest BCUT2D eigenvalue weighted by Crippen LogP contribution is 2.30. The summed E-state index contributed by atoms with van der Waals surface area (Å²) < 4.78 is 1.95. The van der Waals surface area contributed by atoms with E-state index in [2.05, 4.69) is 31.0 Å². The van der Waals surface area contributed by atoms with Crippen LogP contribution in [-0.2, 0) is 12.1 Å². The summed E-state index contributed by atoms with van der Waals surface area (Å²) in [6.45, 7) is 8.03. The summed E-state index contributed by atoms with van der Waals surface area (Å²) in [6.07, 6.45) is 0. The van der Waals surface area contributed by atoms with Gasteiger partial charge in [-0.1, -0.05) is 17.7 Å². The van der Waals surface area contributed by atoms with Gasteiger partial charge < -0.3 is 9.67 Å². The second-order valence-corrected chi connectivity index (χ2v) is 6.00. The molecule has 0 aliphatic heterocycles. The first-order chi connectivity index (χ1) is 8.84. The van der Waals surface area contributed by atoms with E-state index in [1.807, 2.05) is 29.7 Å². The van der Waals surface area contributed by atoms with E-state index in [1.54, 1.807) is 0 Å². The molecule has 0 saturated heterocycles. The van der Waals surface area contributed by atoms with E-state index in [4.69, 9.17) is 11.6 Å². The van der Waals surface area contributed by atoms with E-state index in [0.717, 1.165) is 17.0 Å². The maximum atomic E-state index is 9.42. The zero-order valence-corrected chi connectivity index (χ0v) is 12.4. The second kappa shape index (κ2) is 4.94. The van der Waals surface area contributed by atoms with Gasteiger partial charge in [0, 0.05) is 16.1 Å². The van der Waals surface area contributed by atoms with Crippen LogP contribution >= 0.6 is 11.6 Å². The first-order valence-corrected chi connectivity index (χ1v) is 6.54. The Morgan fingerprint density at radius 2 is 1.95 bits per heavy atom. The summed E-state index contributed by atoms with van der Waals surface area (Å²) in [5.74, 6) is 1.29. The zero-order chi connectivity index (χ0) is 14.2. The van der Waals surface area contributed by atoms with Gasteiger partial charge in [-0.2, -0.15) is 0 Å². The summed E-state index contributed by atoms with van der Waals surface area (Å²) in [4.78, 5) is 0. The molecule has 102 valence electrons. The Labute approximate surface area is 118 Å². The van der Waals surface area contributed by atoms with Crippen LogP contribution in [0.5, 0.6) is 0 Å². The van der Waals surface area contributed by atoms with Gasteiger partial charge in [0.1, 0.15) is 6.61 Å². The molecule has 19 heavy (non-hydrogen) atoms. The summed E-state index contributed by atoms with van der Waals surface area (Å²) in [5.41, 5.74) is 1.80. The molecule has 0 atom stereocenters. The molecule has 1 heterocycles. The molecule has 1 aromatic heterocycles. The maximum Gasteiger partial charge on any atom is 0.164 e. The van der Waals surface area contributed by atoms with Crippen LogP contribution in [0.25, 0.3) is 11.4 Å². The monoisotopic (exact) mass is 279 g/mol. The SMILES string of the molecule is Cc1ccc(Cl)cc1-c1nnc(CO)n1C(C)(C)C. The molecular formula is C14H18ClN3O. The van der Waals surface area contributed by atoms with Gasteiger partial charge in [-0.15, -0.1) is 10.2 Å². The van der Waals surface area contributed by atoms with Crippen LogP contribution < -0.4 is 0 Å². The number of aryl methyl sites for hydroxylation is 1. The lowest BCUT2D eigenvalue weighted by Gasteiger charge is -2.25. The van der Waals surface area contributed by atoms with Crippen LogP contribution in [0.1, 0.15) is 32.2 Å². The number of rotatable bonds is 2. The van der Waals surface area contributed by atoms with Gasteiger partial charge in [0.15, 0.2) is 11.6 Å². The highest BCUT2D eigenvalue weighted by atomic mass is 35.5. The fourth-order valence-electron chi connectivity index (χ4n) is 2.13. The molecule has 1 N–H and O–H groups in total. The normalized spacial score (nSPS) is 11.9. The van der Waals surface area contributed by atoms with Crippen LogP contribution in [-0.4, -0.2) is 19.9 Å². The number of nitrogens with zero attached hydrogens (tertiary/aromatic N) is 3. The van der Waals surface area contributed by atoms with Crippen LogP contribution in [0.4, 0.5) is 0 Å². The average Bonchev–Trinajstić information content (AvgIpc) is 2.75. The third-order valence-corrected chi connectivity index (χ3v) is 3.22. The molecule has 0 spiro atoms. The standard InChI is InChI=1S/C14H18ClN3O/c1-9-5-6-10(15)7-11(9)13-17-16-12(8-19)18(13)14(2,3)4/h5-7,19H,8H2,1-4H3. The Bertz CT molecular complexity index is 599. The van der Waals surface area contributed by atoms with Gasteiger partial charge >= 0.3 is 0 Å². The molecule has 0 aliphatic carbocycles. The topological polar surface area (TPSA) is 50.9 Å². The molecule has 0 aliphatic rings. The number of halogens is 1. The predicted molar refractivity (Wildman–Crippen MR) is 76.1 cm³/mol. The first-order valence-electron chi connectivity index (χ1n) is 6.16. The van der Waals surface area contributed by atoms with Crippen molar-refractivity contribution in [3.63, 3.8) is 0 Å². The van der Waals surface area contributed by atoms with Crippen molar-refractivity contribution >= 4 is 11.6 Å². The average molecular weight is 280 g/mol. The Morgan fingerprint density at radius 3 is 2.53 bits per heavy atom. The molecule has 0 amide bonds. The smallest absolute Gasteiger partial charge is 0.164 e.